The van der Waals surface area contributed by atoms with Gasteiger partial charge >= 0.3 is 11.9 Å². The first-order valence-corrected chi connectivity index (χ1v) is 11.8. The van der Waals surface area contributed by atoms with Crippen LogP contribution in [0.5, 0.6) is 0 Å². The molecule has 0 aliphatic carbocycles. The minimum atomic E-state index is -3.86. The summed E-state index contributed by atoms with van der Waals surface area (Å²) in [6, 6.07) is 14.5. The van der Waals surface area contributed by atoms with Gasteiger partial charge in [0.1, 0.15) is 12.4 Å². The number of hydrogen-bond acceptors (Lipinski definition) is 7. The number of rotatable bonds is 6. The molecule has 0 unspecified atom stereocenters. The van der Waals surface area contributed by atoms with Gasteiger partial charge in [-0.3, -0.25) is 0 Å². The molecule has 1 aliphatic rings. The van der Waals surface area contributed by atoms with Gasteiger partial charge in [0, 0.05) is 13.1 Å². The molecule has 172 valence electrons. The summed E-state index contributed by atoms with van der Waals surface area (Å²) in [7, 11) is -2.64. The topological polar surface area (TPSA) is 103 Å². The van der Waals surface area contributed by atoms with Gasteiger partial charge in [0.05, 0.1) is 22.6 Å². The normalized spacial score (nSPS) is 13.9. The highest BCUT2D eigenvalue weighted by molar-refractivity contribution is 7.89. The molecule has 0 saturated heterocycles. The molecule has 0 atom stereocenters. The molecule has 1 aliphatic heterocycles. The molecule has 0 saturated carbocycles. The van der Waals surface area contributed by atoms with Crippen LogP contribution in [-0.2, 0) is 39.1 Å². The highest BCUT2D eigenvalue weighted by Crippen LogP contribution is 2.28. The molecule has 2 heterocycles. The lowest BCUT2D eigenvalue weighted by molar-refractivity contribution is 0.0438. The minimum absolute atomic E-state index is 0.0298. The number of methoxy groups -OCH3 is 1. The molecule has 0 spiro atoms. The Bertz CT molecular complexity index is 1320. The molecular formula is C23H20ClNO7S. The summed E-state index contributed by atoms with van der Waals surface area (Å²) >= 11 is 6.15. The number of carbonyl (C=O) groups excluding carboxylic acids is 2. The first-order valence-electron chi connectivity index (χ1n) is 10.00. The van der Waals surface area contributed by atoms with Crippen LogP contribution in [0.3, 0.4) is 0 Å². The molecule has 0 radical (unpaired) electrons. The standard InChI is InChI=1S/C23H20ClNO7S/c1-30-23(27)21-9-6-17(32-21)14-31-22(26)19-12-18(7-8-20(19)24)33(28,29)25-11-10-15-4-2-3-5-16(15)13-25/h2-9,12H,10-11,13-14H2,1H3. The molecule has 3 aromatic rings. The third-order valence-electron chi connectivity index (χ3n) is 5.28. The van der Waals surface area contributed by atoms with Gasteiger partial charge in [-0.05, 0) is 47.9 Å². The first kappa shape index (κ1) is 23.0. The minimum Gasteiger partial charge on any atom is -0.463 e. The van der Waals surface area contributed by atoms with Crippen molar-refractivity contribution in [2.75, 3.05) is 13.7 Å². The van der Waals surface area contributed by atoms with Crippen LogP contribution in [0.15, 0.2) is 63.9 Å². The summed E-state index contributed by atoms with van der Waals surface area (Å²) in [5.74, 6) is -1.29. The Labute approximate surface area is 195 Å². The smallest absolute Gasteiger partial charge is 0.373 e. The number of furan rings is 1. The zero-order valence-corrected chi connectivity index (χ0v) is 19.2. The van der Waals surface area contributed by atoms with Crippen molar-refractivity contribution < 1.29 is 31.9 Å². The van der Waals surface area contributed by atoms with E-state index in [-0.39, 0.29) is 40.2 Å². The maximum Gasteiger partial charge on any atom is 0.373 e. The molecule has 4 rings (SSSR count). The second-order valence-electron chi connectivity index (χ2n) is 7.33. The van der Waals surface area contributed by atoms with Crippen LogP contribution in [0.25, 0.3) is 0 Å². The van der Waals surface area contributed by atoms with Gasteiger partial charge in [-0.15, -0.1) is 0 Å². The number of fused-ring (bicyclic) bond motifs is 1. The van der Waals surface area contributed by atoms with Crippen LogP contribution in [0, 0.1) is 0 Å². The average molecular weight is 490 g/mol. The van der Waals surface area contributed by atoms with Crippen molar-refractivity contribution in [3.63, 3.8) is 0 Å². The van der Waals surface area contributed by atoms with E-state index < -0.39 is 22.0 Å². The molecule has 0 fully saturated rings. The number of hydrogen-bond donors (Lipinski definition) is 0. The maximum absolute atomic E-state index is 13.2. The molecule has 10 heteroatoms. The van der Waals surface area contributed by atoms with Crippen LogP contribution in [-0.4, -0.2) is 38.3 Å². The molecule has 2 aromatic carbocycles. The quantitative estimate of drug-likeness (QED) is 0.485. The van der Waals surface area contributed by atoms with Gasteiger partial charge in [-0.1, -0.05) is 35.9 Å². The third kappa shape index (κ3) is 4.80. The summed E-state index contributed by atoms with van der Waals surface area (Å²) in [6.45, 7) is 0.316. The number of carbonyl (C=O) groups is 2. The summed E-state index contributed by atoms with van der Waals surface area (Å²) in [5, 5.41) is 0.0534. The summed E-state index contributed by atoms with van der Waals surface area (Å²) in [6.07, 6.45) is 0.606. The number of halogens is 1. The van der Waals surface area contributed by atoms with Crippen molar-refractivity contribution in [3.05, 3.63) is 87.8 Å². The third-order valence-corrected chi connectivity index (χ3v) is 7.46. The Morgan fingerprint density at radius 2 is 1.82 bits per heavy atom. The van der Waals surface area contributed by atoms with E-state index in [1.807, 2.05) is 24.3 Å². The van der Waals surface area contributed by atoms with Gasteiger partial charge in [-0.2, -0.15) is 4.31 Å². The zero-order chi connectivity index (χ0) is 23.6. The number of sulfonamides is 1. The number of nitrogens with zero attached hydrogens (tertiary/aromatic N) is 1. The second-order valence-corrected chi connectivity index (χ2v) is 9.68. The van der Waals surface area contributed by atoms with Crippen molar-refractivity contribution in [2.45, 2.75) is 24.5 Å². The van der Waals surface area contributed by atoms with E-state index in [1.54, 1.807) is 0 Å². The van der Waals surface area contributed by atoms with Gasteiger partial charge in [-0.25, -0.2) is 18.0 Å². The lowest BCUT2D eigenvalue weighted by Gasteiger charge is -2.28. The lowest BCUT2D eigenvalue weighted by atomic mass is 10.0. The number of esters is 2. The summed E-state index contributed by atoms with van der Waals surface area (Å²) in [4.78, 5) is 24.0. The fraction of sp³-hybridized carbons (Fsp3) is 0.217. The molecule has 1 aromatic heterocycles. The zero-order valence-electron chi connectivity index (χ0n) is 17.6. The van der Waals surface area contributed by atoms with Gasteiger partial charge in [0.2, 0.25) is 15.8 Å². The number of benzene rings is 2. The van der Waals surface area contributed by atoms with Crippen molar-refractivity contribution >= 4 is 33.6 Å². The maximum atomic E-state index is 13.2. The van der Waals surface area contributed by atoms with E-state index in [0.717, 1.165) is 11.1 Å². The van der Waals surface area contributed by atoms with E-state index in [9.17, 15) is 18.0 Å². The van der Waals surface area contributed by atoms with Crippen molar-refractivity contribution in [2.24, 2.45) is 0 Å². The summed E-state index contributed by atoms with van der Waals surface area (Å²) < 4.78 is 42.9. The molecule has 8 nitrogen and oxygen atoms in total. The Morgan fingerprint density at radius 1 is 1.06 bits per heavy atom. The van der Waals surface area contributed by atoms with Gasteiger partial charge < -0.3 is 13.9 Å². The SMILES string of the molecule is COC(=O)c1ccc(COC(=O)c2cc(S(=O)(=O)N3CCc4ccccc4C3)ccc2Cl)o1. The first-order chi connectivity index (χ1) is 15.8. The van der Waals surface area contributed by atoms with Crippen LogP contribution in [0.1, 0.15) is 37.8 Å². The van der Waals surface area contributed by atoms with E-state index in [0.29, 0.717) is 13.0 Å². The van der Waals surface area contributed by atoms with Crippen molar-refractivity contribution in [3.8, 4) is 0 Å². The van der Waals surface area contributed by atoms with Crippen molar-refractivity contribution in [1.29, 1.82) is 0 Å². The average Bonchev–Trinajstić information content (AvgIpc) is 3.31. The Kier molecular flexibility index (Phi) is 6.55. The van der Waals surface area contributed by atoms with E-state index in [2.05, 4.69) is 4.74 Å². The van der Waals surface area contributed by atoms with E-state index in [4.69, 9.17) is 20.8 Å². The predicted molar refractivity (Wildman–Crippen MR) is 118 cm³/mol. The lowest BCUT2D eigenvalue weighted by Crippen LogP contribution is -2.36. The molecule has 0 N–H and O–H groups in total. The van der Waals surface area contributed by atoms with Crippen LogP contribution < -0.4 is 0 Å². The van der Waals surface area contributed by atoms with E-state index >= 15 is 0 Å². The Balaban J connectivity index is 1.50. The summed E-state index contributed by atoms with van der Waals surface area (Å²) in [5.41, 5.74) is 1.98. The van der Waals surface area contributed by atoms with Crippen LogP contribution >= 0.6 is 11.6 Å². The monoisotopic (exact) mass is 489 g/mol. The van der Waals surface area contributed by atoms with E-state index in [1.165, 1.54) is 41.7 Å². The van der Waals surface area contributed by atoms with Crippen LogP contribution in [0.2, 0.25) is 5.02 Å². The highest BCUT2D eigenvalue weighted by atomic mass is 35.5. The largest absolute Gasteiger partial charge is 0.463 e. The second kappa shape index (κ2) is 9.38. The predicted octanol–water partition coefficient (Wildman–Crippen LogP) is 3.82. The molecule has 0 amide bonds. The van der Waals surface area contributed by atoms with Crippen LogP contribution in [0.4, 0.5) is 0 Å². The molecule has 0 bridgehead atoms. The molecular weight excluding hydrogens is 470 g/mol. The fourth-order valence-corrected chi connectivity index (χ4v) is 5.17. The Morgan fingerprint density at radius 3 is 2.58 bits per heavy atom. The fourth-order valence-electron chi connectivity index (χ4n) is 3.53. The Hall–Kier alpha value is -3.14. The molecule has 33 heavy (non-hydrogen) atoms. The van der Waals surface area contributed by atoms with Gasteiger partial charge in [0.15, 0.2) is 0 Å². The number of ether oxygens (including phenoxy) is 2. The van der Waals surface area contributed by atoms with Crippen molar-refractivity contribution in [1.82, 2.24) is 4.31 Å². The highest BCUT2D eigenvalue weighted by Gasteiger charge is 2.29. The van der Waals surface area contributed by atoms with Gasteiger partial charge in [0.25, 0.3) is 0 Å².